The summed E-state index contributed by atoms with van der Waals surface area (Å²) in [6.07, 6.45) is 16.7. The van der Waals surface area contributed by atoms with Gasteiger partial charge in [-0.05, 0) is 95.8 Å². The summed E-state index contributed by atoms with van der Waals surface area (Å²) in [6, 6.07) is 37.7. The summed E-state index contributed by atoms with van der Waals surface area (Å²) < 4.78 is 12.2. The second-order valence-corrected chi connectivity index (χ2v) is 17.0. The first kappa shape index (κ1) is 93.9. The number of aryl methyl sites for hydroxylation is 2. The third-order valence-electron chi connectivity index (χ3n) is 9.50. The number of piperazine rings is 1. The molecule has 0 saturated carbocycles. The quantitative estimate of drug-likeness (QED) is 0.165. The minimum atomic E-state index is 0.913. The summed E-state index contributed by atoms with van der Waals surface area (Å²) >= 11 is 0. The highest BCUT2D eigenvalue weighted by atomic mass is 16.5. The summed E-state index contributed by atoms with van der Waals surface area (Å²) in [5.41, 5.74) is 2.50. The number of benzene rings is 2. The van der Waals surface area contributed by atoms with Crippen LogP contribution in [-0.4, -0.2) is 179 Å². The van der Waals surface area contributed by atoms with Gasteiger partial charge in [0.2, 0.25) is 0 Å². The predicted molar refractivity (Wildman–Crippen MR) is 374 cm³/mol. The first-order valence-electron chi connectivity index (χ1n) is 31.2. The third-order valence-corrected chi connectivity index (χ3v) is 9.50. The van der Waals surface area contributed by atoms with Crippen molar-refractivity contribution in [1.29, 1.82) is 0 Å². The highest BCUT2D eigenvalue weighted by Crippen LogP contribution is 2.08. The van der Waals surface area contributed by atoms with Gasteiger partial charge in [-0.3, -0.25) is 15.0 Å². The van der Waals surface area contributed by atoms with Crippen LogP contribution >= 0.6 is 0 Å². The summed E-state index contributed by atoms with van der Waals surface area (Å²) in [7, 11) is 18.7. The van der Waals surface area contributed by atoms with E-state index in [1.807, 2.05) is 227 Å². The molecule has 0 atom stereocenters. The molecular formula is C70H133N11O2. The highest BCUT2D eigenvalue weighted by molar-refractivity contribution is 5.44. The Morgan fingerprint density at radius 2 is 0.566 bits per heavy atom. The normalized spacial score (nSPS) is 12.2. The number of para-hydroxylation sites is 2. The Hall–Kier alpha value is -5.54. The van der Waals surface area contributed by atoms with Crippen molar-refractivity contribution in [2.24, 2.45) is 7.05 Å². The number of anilines is 2. The van der Waals surface area contributed by atoms with E-state index in [0.29, 0.717) is 0 Å². The molecule has 3 aliphatic heterocycles. The largest absolute Gasteiger partial charge is 0.379 e. The molecule has 2 aromatic carbocycles. The second kappa shape index (κ2) is 85.3. The van der Waals surface area contributed by atoms with E-state index >= 15 is 0 Å². The fourth-order valence-corrected chi connectivity index (χ4v) is 5.05. The van der Waals surface area contributed by atoms with Crippen LogP contribution in [0.3, 0.4) is 0 Å². The third kappa shape index (κ3) is 80.7. The zero-order valence-electron chi connectivity index (χ0n) is 58.7. The summed E-state index contributed by atoms with van der Waals surface area (Å²) in [6.45, 7) is 47.4. The lowest BCUT2D eigenvalue weighted by molar-refractivity contribution is 0.0502. The number of nitrogens with zero attached hydrogens (tertiary/aromatic N) is 11. The first-order chi connectivity index (χ1) is 40.3. The Bertz CT molecular complexity index is 1600. The number of likely N-dealkylation sites (N-methyl/N-ethyl adjacent to an activating group) is 4. The lowest BCUT2D eigenvalue weighted by atomic mass is 10.3. The van der Waals surface area contributed by atoms with E-state index in [1.54, 1.807) is 43.4 Å². The van der Waals surface area contributed by atoms with Crippen molar-refractivity contribution in [2.45, 2.75) is 131 Å². The zero-order valence-corrected chi connectivity index (χ0v) is 58.7. The minimum Gasteiger partial charge on any atom is -0.379 e. The topological polar surface area (TPSA) is 94.4 Å². The Morgan fingerprint density at radius 1 is 0.349 bits per heavy atom. The molecular weight excluding hydrogens is 1030 g/mol. The van der Waals surface area contributed by atoms with Crippen LogP contribution in [-0.2, 0) is 16.5 Å². The molecule has 0 amide bonds. The minimum absolute atomic E-state index is 0.913. The Morgan fingerprint density at radius 3 is 0.675 bits per heavy atom. The molecule has 0 radical (unpaired) electrons. The first-order valence-corrected chi connectivity index (χ1v) is 31.2. The van der Waals surface area contributed by atoms with Crippen LogP contribution in [0.1, 0.15) is 129 Å². The standard InChI is InChI=1S/2C8H11N.C6H14N2.C5H8N2.2C5H11NO.3C5H5N.2C3H8.6C2H6/c2*1-9(2)8-6-4-3-5-7-8;1-7-3-5-8(2)6-4-7;1-5-6-3-4-7(5)2;2*1-6-2-4-7-5-3-6;3*1-2-4-6-5-3-1;2*1-3-2;6*1-2/h2*3-7H,1-2H3;3-6H2,1-2H3;3-4H,1-2H3;2*2-5H2,1H3;3*1-5H;2*3H2,1-2H3;6*1-2H3. The van der Waals surface area contributed by atoms with Crippen molar-refractivity contribution >= 4 is 11.4 Å². The van der Waals surface area contributed by atoms with Crippen molar-refractivity contribution in [2.75, 3.05) is 145 Å². The van der Waals surface area contributed by atoms with Crippen LogP contribution in [0.4, 0.5) is 11.4 Å². The van der Waals surface area contributed by atoms with Gasteiger partial charge in [-0.15, -0.1) is 0 Å². The molecule has 6 aromatic rings. The molecule has 3 saturated heterocycles. The molecule has 9 rings (SSSR count). The van der Waals surface area contributed by atoms with E-state index < -0.39 is 0 Å². The van der Waals surface area contributed by atoms with E-state index in [1.165, 1.54) is 50.4 Å². The van der Waals surface area contributed by atoms with Crippen LogP contribution < -0.4 is 9.80 Å². The molecule has 0 bridgehead atoms. The van der Waals surface area contributed by atoms with Crippen molar-refractivity contribution < 1.29 is 9.47 Å². The maximum atomic E-state index is 5.10. The van der Waals surface area contributed by atoms with Crippen LogP contribution in [0.2, 0.25) is 0 Å². The molecule has 4 aromatic heterocycles. The average molecular weight is 1160 g/mol. The van der Waals surface area contributed by atoms with Gasteiger partial charge in [0, 0.05) is 149 Å². The van der Waals surface area contributed by atoms with Crippen LogP contribution in [0.15, 0.2) is 165 Å². The molecule has 83 heavy (non-hydrogen) atoms. The van der Waals surface area contributed by atoms with Gasteiger partial charge in [-0.1, -0.05) is 178 Å². The number of aromatic nitrogens is 5. The number of ether oxygens (including phenoxy) is 2. The molecule has 0 unspecified atom stereocenters. The van der Waals surface area contributed by atoms with Crippen molar-refractivity contribution in [3.8, 4) is 0 Å². The number of imidazole rings is 1. The molecule has 13 nitrogen and oxygen atoms in total. The second-order valence-electron chi connectivity index (χ2n) is 17.0. The predicted octanol–water partition coefficient (Wildman–Crippen LogP) is 16.2. The maximum absolute atomic E-state index is 5.10. The van der Waals surface area contributed by atoms with E-state index in [2.05, 4.69) is 129 Å². The SMILES string of the molecule is CC.CC.CC.CC.CC.CC.CCC.CCC.CN(C)c1ccccc1.CN(C)c1ccccc1.CN1CCN(C)CC1.CN1CCOCC1.CN1CCOCC1.Cc1nccn1C.c1ccncc1.c1ccncc1.c1ccncc1. The van der Waals surface area contributed by atoms with Crippen LogP contribution in [0.5, 0.6) is 0 Å². The van der Waals surface area contributed by atoms with E-state index in [9.17, 15) is 0 Å². The maximum Gasteiger partial charge on any atom is 0.105 e. The Labute approximate surface area is 515 Å². The van der Waals surface area contributed by atoms with Crippen molar-refractivity contribution in [1.82, 2.24) is 44.1 Å². The number of hydrogen-bond donors (Lipinski definition) is 0. The van der Waals surface area contributed by atoms with Crippen LogP contribution in [0, 0.1) is 6.92 Å². The molecule has 7 heterocycles. The smallest absolute Gasteiger partial charge is 0.105 e. The van der Waals surface area contributed by atoms with E-state index in [4.69, 9.17) is 9.47 Å². The van der Waals surface area contributed by atoms with Gasteiger partial charge in [0.25, 0.3) is 0 Å². The monoisotopic (exact) mass is 1160 g/mol. The van der Waals surface area contributed by atoms with Gasteiger partial charge in [0.1, 0.15) is 5.82 Å². The van der Waals surface area contributed by atoms with Gasteiger partial charge in [-0.25, -0.2) is 4.98 Å². The molecule has 13 heteroatoms. The molecule has 3 fully saturated rings. The zero-order chi connectivity index (χ0) is 65.0. The van der Waals surface area contributed by atoms with Crippen LogP contribution in [0.25, 0.3) is 0 Å². The fourth-order valence-electron chi connectivity index (χ4n) is 5.05. The lowest BCUT2D eigenvalue weighted by Gasteiger charge is -2.28. The van der Waals surface area contributed by atoms with E-state index in [0.717, 1.165) is 58.4 Å². The Kier molecular flexibility index (Phi) is 96.4. The molecule has 0 aliphatic carbocycles. The molecule has 3 aliphatic rings. The van der Waals surface area contributed by atoms with Gasteiger partial charge in [0.15, 0.2) is 0 Å². The number of pyridine rings is 3. The summed E-state index contributed by atoms with van der Waals surface area (Å²) in [4.78, 5) is 28.8. The number of rotatable bonds is 2. The molecule has 480 valence electrons. The molecule has 0 N–H and O–H groups in total. The van der Waals surface area contributed by atoms with Gasteiger partial charge in [-0.2, -0.15) is 0 Å². The Balaban J connectivity index is -0.000000123. The van der Waals surface area contributed by atoms with Gasteiger partial charge >= 0.3 is 0 Å². The van der Waals surface area contributed by atoms with Gasteiger partial charge in [0.05, 0.1) is 26.4 Å². The van der Waals surface area contributed by atoms with Crippen molar-refractivity contribution in [3.63, 3.8) is 0 Å². The number of morpholine rings is 2. The molecule has 0 spiro atoms. The summed E-state index contributed by atoms with van der Waals surface area (Å²) in [5.74, 6) is 1.06. The fraction of sp³-hybridized carbons (Fsp3) is 0.571. The lowest BCUT2D eigenvalue weighted by Crippen LogP contribution is -2.42. The van der Waals surface area contributed by atoms with Crippen molar-refractivity contribution in [3.05, 3.63) is 171 Å². The highest BCUT2D eigenvalue weighted by Gasteiger charge is 2.08. The van der Waals surface area contributed by atoms with Gasteiger partial charge < -0.3 is 43.4 Å². The average Bonchev–Trinajstić information content (AvgIpc) is 3.95. The number of hydrogen-bond acceptors (Lipinski definition) is 12. The van der Waals surface area contributed by atoms with E-state index in [-0.39, 0.29) is 0 Å². The summed E-state index contributed by atoms with van der Waals surface area (Å²) in [5, 5.41) is 0.